The predicted octanol–water partition coefficient (Wildman–Crippen LogP) is 0.960. The van der Waals surface area contributed by atoms with Gasteiger partial charge in [-0.3, -0.25) is 14.5 Å². The Morgan fingerprint density at radius 2 is 1.76 bits per heavy atom. The van der Waals surface area contributed by atoms with Crippen molar-refractivity contribution in [3.05, 3.63) is 35.9 Å². The Labute approximate surface area is 150 Å². The summed E-state index contributed by atoms with van der Waals surface area (Å²) in [5.74, 6) is 0.0527. The van der Waals surface area contributed by atoms with Gasteiger partial charge in [-0.15, -0.1) is 0 Å². The van der Waals surface area contributed by atoms with Gasteiger partial charge in [-0.2, -0.15) is 0 Å². The zero-order chi connectivity index (χ0) is 18.2. The zero-order valence-electron chi connectivity index (χ0n) is 15.6. The number of hydrogen-bond acceptors (Lipinski definition) is 4. The Morgan fingerprint density at radius 1 is 1.12 bits per heavy atom. The smallest absolute Gasteiger partial charge is 0.241 e. The molecule has 1 atom stereocenters. The summed E-state index contributed by atoms with van der Waals surface area (Å²) in [6, 6.07) is 9.34. The van der Waals surface area contributed by atoms with E-state index in [0.717, 1.165) is 38.3 Å². The minimum Gasteiger partial charge on any atom is -0.354 e. The molecule has 1 aromatic rings. The molecule has 1 aromatic carbocycles. The molecule has 2 amide bonds. The summed E-state index contributed by atoms with van der Waals surface area (Å²) in [5.41, 5.74) is 0.951. The van der Waals surface area contributed by atoms with Crippen LogP contribution in [0.2, 0.25) is 0 Å². The monoisotopic (exact) mass is 346 g/mol. The third-order valence-electron chi connectivity index (χ3n) is 4.69. The summed E-state index contributed by atoms with van der Waals surface area (Å²) >= 11 is 0. The summed E-state index contributed by atoms with van der Waals surface area (Å²) in [6.45, 7) is 6.99. The quantitative estimate of drug-likeness (QED) is 0.799. The number of amides is 2. The molecule has 1 N–H and O–H groups in total. The normalized spacial score (nSPS) is 16.7. The lowest BCUT2D eigenvalue weighted by molar-refractivity contribution is -0.133. The number of likely N-dealkylation sites (N-methyl/N-ethyl adjacent to an activating group) is 2. The lowest BCUT2D eigenvalue weighted by atomic mass is 10.1. The zero-order valence-corrected chi connectivity index (χ0v) is 15.6. The number of benzene rings is 1. The number of carbonyl (C=O) groups is 2. The number of piperazine rings is 1. The Bertz CT molecular complexity index is 554. The number of rotatable bonds is 7. The van der Waals surface area contributed by atoms with Gasteiger partial charge in [-0.1, -0.05) is 37.3 Å². The van der Waals surface area contributed by atoms with Crippen LogP contribution < -0.4 is 5.32 Å². The van der Waals surface area contributed by atoms with Crippen molar-refractivity contribution in [2.45, 2.75) is 19.4 Å². The maximum atomic E-state index is 12.5. The van der Waals surface area contributed by atoms with Gasteiger partial charge < -0.3 is 15.1 Å². The summed E-state index contributed by atoms with van der Waals surface area (Å²) in [5, 5.41) is 2.91. The van der Waals surface area contributed by atoms with Crippen molar-refractivity contribution in [3.63, 3.8) is 0 Å². The topological polar surface area (TPSA) is 55.9 Å². The van der Waals surface area contributed by atoms with E-state index in [-0.39, 0.29) is 17.9 Å². The van der Waals surface area contributed by atoms with Crippen LogP contribution in [0.3, 0.4) is 0 Å². The first-order valence-electron chi connectivity index (χ1n) is 9.02. The number of nitrogens with one attached hydrogen (secondary N) is 1. The molecule has 6 heteroatoms. The predicted molar refractivity (Wildman–Crippen MR) is 99.2 cm³/mol. The standard InChI is InChI=1S/C19H30N4O2/c1-4-22-12-14-23(15-13-22)17(24)10-11-20-19(25)18(21(2)3)16-8-6-5-7-9-16/h5-9,18H,4,10-15H2,1-3H3,(H,20,25). The Kier molecular flexibility index (Phi) is 7.40. The SMILES string of the molecule is CCN1CCN(C(=O)CCNC(=O)C(c2ccccc2)N(C)C)CC1. The summed E-state index contributed by atoms with van der Waals surface area (Å²) < 4.78 is 0. The molecule has 1 heterocycles. The number of nitrogens with zero attached hydrogens (tertiary/aromatic N) is 3. The highest BCUT2D eigenvalue weighted by molar-refractivity contribution is 5.84. The van der Waals surface area contributed by atoms with Crippen molar-refractivity contribution in [1.82, 2.24) is 20.0 Å². The molecule has 138 valence electrons. The second-order valence-corrected chi connectivity index (χ2v) is 6.63. The first-order valence-corrected chi connectivity index (χ1v) is 9.02. The average Bonchev–Trinajstić information content (AvgIpc) is 2.62. The molecule has 25 heavy (non-hydrogen) atoms. The fourth-order valence-electron chi connectivity index (χ4n) is 3.18. The Morgan fingerprint density at radius 3 is 2.32 bits per heavy atom. The molecule has 1 aliphatic rings. The molecule has 0 aromatic heterocycles. The maximum absolute atomic E-state index is 12.5. The molecule has 2 rings (SSSR count). The third-order valence-corrected chi connectivity index (χ3v) is 4.69. The van der Waals surface area contributed by atoms with Crippen LogP contribution in [0.25, 0.3) is 0 Å². The molecule has 1 saturated heterocycles. The van der Waals surface area contributed by atoms with E-state index in [0.29, 0.717) is 13.0 Å². The summed E-state index contributed by atoms with van der Waals surface area (Å²) in [4.78, 5) is 31.0. The van der Waals surface area contributed by atoms with Gasteiger partial charge in [0.15, 0.2) is 0 Å². The van der Waals surface area contributed by atoms with Gasteiger partial charge in [0.25, 0.3) is 0 Å². The highest BCUT2D eigenvalue weighted by Gasteiger charge is 2.23. The largest absolute Gasteiger partial charge is 0.354 e. The maximum Gasteiger partial charge on any atom is 0.241 e. The van der Waals surface area contributed by atoms with Crippen LogP contribution in [-0.4, -0.2) is 79.9 Å². The van der Waals surface area contributed by atoms with E-state index in [2.05, 4.69) is 17.1 Å². The van der Waals surface area contributed by atoms with Crippen LogP contribution in [0, 0.1) is 0 Å². The minimum absolute atomic E-state index is 0.0696. The van der Waals surface area contributed by atoms with Crippen molar-refractivity contribution in [1.29, 1.82) is 0 Å². The highest BCUT2D eigenvalue weighted by atomic mass is 16.2. The van der Waals surface area contributed by atoms with Gasteiger partial charge in [0.1, 0.15) is 6.04 Å². The van der Waals surface area contributed by atoms with Crippen LogP contribution in [0.5, 0.6) is 0 Å². The van der Waals surface area contributed by atoms with E-state index in [9.17, 15) is 9.59 Å². The van der Waals surface area contributed by atoms with Gasteiger partial charge in [0.05, 0.1) is 0 Å². The van der Waals surface area contributed by atoms with Crippen LogP contribution in [0.15, 0.2) is 30.3 Å². The first-order chi connectivity index (χ1) is 12.0. The Hall–Kier alpha value is -1.92. The fraction of sp³-hybridized carbons (Fsp3) is 0.579. The molecular formula is C19H30N4O2. The second kappa shape index (κ2) is 9.53. The van der Waals surface area contributed by atoms with E-state index >= 15 is 0 Å². The van der Waals surface area contributed by atoms with E-state index in [1.165, 1.54) is 0 Å². The summed E-state index contributed by atoms with van der Waals surface area (Å²) in [6.07, 6.45) is 0.354. The molecule has 1 fully saturated rings. The first kappa shape index (κ1) is 19.4. The van der Waals surface area contributed by atoms with Crippen LogP contribution >= 0.6 is 0 Å². The fourth-order valence-corrected chi connectivity index (χ4v) is 3.18. The van der Waals surface area contributed by atoms with Crippen LogP contribution in [0.1, 0.15) is 24.9 Å². The minimum atomic E-state index is -0.343. The van der Waals surface area contributed by atoms with Gasteiger partial charge in [0.2, 0.25) is 11.8 Å². The molecule has 1 unspecified atom stereocenters. The van der Waals surface area contributed by atoms with E-state index in [1.807, 2.05) is 54.2 Å². The van der Waals surface area contributed by atoms with E-state index in [4.69, 9.17) is 0 Å². The van der Waals surface area contributed by atoms with Crippen LogP contribution in [-0.2, 0) is 9.59 Å². The average molecular weight is 346 g/mol. The van der Waals surface area contributed by atoms with Gasteiger partial charge in [-0.25, -0.2) is 0 Å². The van der Waals surface area contributed by atoms with Gasteiger partial charge >= 0.3 is 0 Å². The Balaban J connectivity index is 1.80. The van der Waals surface area contributed by atoms with Crippen LogP contribution in [0.4, 0.5) is 0 Å². The molecular weight excluding hydrogens is 316 g/mol. The number of hydrogen-bond donors (Lipinski definition) is 1. The second-order valence-electron chi connectivity index (χ2n) is 6.63. The third kappa shape index (κ3) is 5.54. The summed E-state index contributed by atoms with van der Waals surface area (Å²) in [7, 11) is 3.77. The van der Waals surface area contributed by atoms with Gasteiger partial charge in [-0.05, 0) is 26.2 Å². The lowest BCUT2D eigenvalue weighted by Gasteiger charge is -2.34. The molecule has 0 spiro atoms. The van der Waals surface area contributed by atoms with E-state index in [1.54, 1.807) is 0 Å². The molecule has 0 aliphatic carbocycles. The number of carbonyl (C=O) groups excluding carboxylic acids is 2. The van der Waals surface area contributed by atoms with Crippen molar-refractivity contribution in [2.75, 3.05) is 53.4 Å². The van der Waals surface area contributed by atoms with E-state index < -0.39 is 0 Å². The lowest BCUT2D eigenvalue weighted by Crippen LogP contribution is -2.49. The molecule has 0 saturated carbocycles. The molecule has 0 radical (unpaired) electrons. The molecule has 1 aliphatic heterocycles. The van der Waals surface area contributed by atoms with Crippen molar-refractivity contribution in [2.24, 2.45) is 0 Å². The van der Waals surface area contributed by atoms with Crippen molar-refractivity contribution < 1.29 is 9.59 Å². The van der Waals surface area contributed by atoms with Gasteiger partial charge in [0, 0.05) is 39.1 Å². The molecule has 0 bridgehead atoms. The van der Waals surface area contributed by atoms with Crippen molar-refractivity contribution in [3.8, 4) is 0 Å². The van der Waals surface area contributed by atoms with Crippen molar-refractivity contribution >= 4 is 11.8 Å². The molecule has 6 nitrogen and oxygen atoms in total. The highest BCUT2D eigenvalue weighted by Crippen LogP contribution is 2.17.